The van der Waals surface area contributed by atoms with E-state index in [9.17, 15) is 13.2 Å². The first-order valence-corrected chi connectivity index (χ1v) is 3.03. The van der Waals surface area contributed by atoms with Gasteiger partial charge < -0.3 is 0 Å². The number of benzene rings is 1. The van der Waals surface area contributed by atoms with E-state index in [0.717, 1.165) is 18.2 Å². The van der Waals surface area contributed by atoms with Crippen LogP contribution in [0.1, 0.15) is 11.1 Å². The Hall–Kier alpha value is -1.50. The molecule has 0 aliphatic carbocycles. The number of nitriles is 1. The Bertz CT molecular complexity index is 322. The fourth-order valence-electron chi connectivity index (χ4n) is 0.770. The van der Waals surface area contributed by atoms with Crippen LogP contribution < -0.4 is 0 Å². The maximum atomic E-state index is 12.1. The monoisotopic (exact) mass is 170 g/mol. The van der Waals surface area contributed by atoms with Crippen molar-refractivity contribution in [3.63, 3.8) is 0 Å². The van der Waals surface area contributed by atoms with Gasteiger partial charge in [-0.3, -0.25) is 0 Å². The molecule has 0 saturated carbocycles. The molecule has 1 aromatic carbocycles. The van der Waals surface area contributed by atoms with Gasteiger partial charge in [0.15, 0.2) is 0 Å². The topological polar surface area (TPSA) is 23.8 Å². The summed E-state index contributed by atoms with van der Waals surface area (Å²) in [5.41, 5.74) is -1.31. The van der Waals surface area contributed by atoms with Crippen LogP contribution in [0.3, 0.4) is 0 Å². The lowest BCUT2D eigenvalue weighted by Crippen LogP contribution is -2.07. The molecule has 0 saturated heterocycles. The summed E-state index contributed by atoms with van der Waals surface area (Å²) < 4.78 is 36.2. The van der Waals surface area contributed by atoms with Crippen molar-refractivity contribution in [1.82, 2.24) is 0 Å². The third kappa shape index (κ3) is 1.56. The number of hydrogen-bond donors (Lipinski definition) is 0. The molecule has 1 aromatic rings. The zero-order valence-corrected chi connectivity index (χ0v) is 5.81. The minimum atomic E-state index is -4.46. The third-order valence-electron chi connectivity index (χ3n) is 1.29. The maximum Gasteiger partial charge on any atom is 0.417 e. The zero-order valence-electron chi connectivity index (χ0n) is 5.81. The van der Waals surface area contributed by atoms with E-state index in [1.807, 2.05) is 0 Å². The molecule has 0 aromatic heterocycles. The van der Waals surface area contributed by atoms with Crippen LogP contribution in [0.2, 0.25) is 0 Å². The smallest absolute Gasteiger partial charge is 0.192 e. The van der Waals surface area contributed by atoms with E-state index in [0.29, 0.717) is 0 Å². The average molecular weight is 170 g/mol. The highest BCUT2D eigenvalue weighted by molar-refractivity contribution is 5.38. The predicted octanol–water partition coefficient (Wildman–Crippen LogP) is 2.38. The number of hydrogen-bond acceptors (Lipinski definition) is 1. The second-order valence-corrected chi connectivity index (χ2v) is 2.08. The van der Waals surface area contributed by atoms with Crippen LogP contribution in [0.15, 0.2) is 18.2 Å². The SMILES string of the molecule is N#Cc1c[c]ccc1C(F)(F)F. The van der Waals surface area contributed by atoms with Gasteiger partial charge in [0.1, 0.15) is 0 Å². The highest BCUT2D eigenvalue weighted by Gasteiger charge is 2.32. The van der Waals surface area contributed by atoms with E-state index in [-0.39, 0.29) is 0 Å². The van der Waals surface area contributed by atoms with Gasteiger partial charge in [0.25, 0.3) is 0 Å². The molecule has 0 aliphatic rings. The van der Waals surface area contributed by atoms with Crippen LogP contribution >= 0.6 is 0 Å². The van der Waals surface area contributed by atoms with Gasteiger partial charge in [-0.2, -0.15) is 18.4 Å². The van der Waals surface area contributed by atoms with Gasteiger partial charge in [0.2, 0.25) is 0 Å². The van der Waals surface area contributed by atoms with Crippen molar-refractivity contribution < 1.29 is 13.2 Å². The molecule has 1 radical (unpaired) electrons. The average Bonchev–Trinajstić information content (AvgIpc) is 2.03. The first-order valence-electron chi connectivity index (χ1n) is 3.03. The fourth-order valence-corrected chi connectivity index (χ4v) is 0.770. The van der Waals surface area contributed by atoms with E-state index in [2.05, 4.69) is 6.07 Å². The maximum absolute atomic E-state index is 12.1. The summed E-state index contributed by atoms with van der Waals surface area (Å²) in [5.74, 6) is 0. The molecule has 0 fully saturated rings. The van der Waals surface area contributed by atoms with E-state index < -0.39 is 17.3 Å². The number of rotatable bonds is 0. The number of nitrogens with zero attached hydrogens (tertiary/aromatic N) is 1. The quantitative estimate of drug-likeness (QED) is 0.586. The minimum absolute atomic E-state index is 0.398. The molecular weight excluding hydrogens is 167 g/mol. The van der Waals surface area contributed by atoms with Crippen LogP contribution in [0, 0.1) is 17.4 Å². The minimum Gasteiger partial charge on any atom is -0.192 e. The van der Waals surface area contributed by atoms with Gasteiger partial charge in [0, 0.05) is 0 Å². The molecule has 0 unspecified atom stereocenters. The van der Waals surface area contributed by atoms with Crippen molar-refractivity contribution in [1.29, 1.82) is 5.26 Å². The Morgan fingerprint density at radius 1 is 1.42 bits per heavy atom. The molecule has 1 nitrogen and oxygen atoms in total. The summed E-state index contributed by atoms with van der Waals surface area (Å²) in [6.45, 7) is 0. The molecule has 4 heteroatoms. The van der Waals surface area contributed by atoms with Crippen molar-refractivity contribution in [3.8, 4) is 6.07 Å². The molecule has 0 bridgehead atoms. The molecule has 1 rings (SSSR count). The van der Waals surface area contributed by atoms with Crippen LogP contribution in [0.4, 0.5) is 13.2 Å². The lowest BCUT2D eigenvalue weighted by Gasteiger charge is -2.06. The number of alkyl halides is 3. The third-order valence-corrected chi connectivity index (χ3v) is 1.29. The van der Waals surface area contributed by atoms with Crippen LogP contribution in [-0.2, 0) is 6.18 Å². The highest BCUT2D eigenvalue weighted by atomic mass is 19.4. The van der Waals surface area contributed by atoms with E-state index >= 15 is 0 Å². The van der Waals surface area contributed by atoms with Gasteiger partial charge in [-0.05, 0) is 18.2 Å². The molecule has 12 heavy (non-hydrogen) atoms. The Labute approximate surface area is 67.1 Å². The van der Waals surface area contributed by atoms with Crippen molar-refractivity contribution in [3.05, 3.63) is 35.4 Å². The molecule has 61 valence electrons. The molecule has 0 spiro atoms. The van der Waals surface area contributed by atoms with Crippen LogP contribution in [-0.4, -0.2) is 0 Å². The molecule has 0 N–H and O–H groups in total. The summed E-state index contributed by atoms with van der Waals surface area (Å²) in [4.78, 5) is 0. The normalized spacial score (nSPS) is 10.8. The van der Waals surface area contributed by atoms with Crippen molar-refractivity contribution in [2.75, 3.05) is 0 Å². The molecular formula is C8H3F3N. The van der Waals surface area contributed by atoms with Crippen molar-refractivity contribution >= 4 is 0 Å². The van der Waals surface area contributed by atoms with Gasteiger partial charge >= 0.3 is 6.18 Å². The van der Waals surface area contributed by atoms with Gasteiger partial charge in [-0.25, -0.2) is 0 Å². The Morgan fingerprint density at radius 2 is 2.08 bits per heavy atom. The standard InChI is InChI=1S/C8H3F3N/c9-8(10,11)7-4-2-1-3-6(7)5-12/h2-4H. The molecule has 0 heterocycles. The lowest BCUT2D eigenvalue weighted by atomic mass is 10.1. The molecule has 0 atom stereocenters. The second kappa shape index (κ2) is 2.86. The summed E-state index contributed by atoms with van der Waals surface area (Å²) in [6, 6.07) is 6.83. The van der Waals surface area contributed by atoms with Gasteiger partial charge in [0.05, 0.1) is 17.2 Å². The van der Waals surface area contributed by atoms with Crippen molar-refractivity contribution in [2.24, 2.45) is 0 Å². The summed E-state index contributed by atoms with van der Waals surface area (Å²) in [5, 5.41) is 8.31. The summed E-state index contributed by atoms with van der Waals surface area (Å²) in [7, 11) is 0. The highest BCUT2D eigenvalue weighted by Crippen LogP contribution is 2.31. The first-order chi connectivity index (χ1) is 5.55. The predicted molar refractivity (Wildman–Crippen MR) is 35.0 cm³/mol. The van der Waals surface area contributed by atoms with Gasteiger partial charge in [-0.15, -0.1) is 0 Å². The summed E-state index contributed by atoms with van der Waals surface area (Å²) in [6.07, 6.45) is -4.46. The van der Waals surface area contributed by atoms with Crippen molar-refractivity contribution in [2.45, 2.75) is 6.18 Å². The lowest BCUT2D eigenvalue weighted by molar-refractivity contribution is -0.137. The first kappa shape index (κ1) is 8.60. The van der Waals surface area contributed by atoms with E-state index in [1.165, 1.54) is 6.07 Å². The van der Waals surface area contributed by atoms with Crippen LogP contribution in [0.5, 0.6) is 0 Å². The van der Waals surface area contributed by atoms with Gasteiger partial charge in [-0.1, -0.05) is 6.07 Å². The molecule has 0 amide bonds. The zero-order chi connectivity index (χ0) is 9.19. The summed E-state index contributed by atoms with van der Waals surface area (Å²) >= 11 is 0. The van der Waals surface area contributed by atoms with E-state index in [1.54, 1.807) is 0 Å². The fraction of sp³-hybridized carbons (Fsp3) is 0.125. The number of halogens is 3. The van der Waals surface area contributed by atoms with Crippen LogP contribution in [0.25, 0.3) is 0 Å². The largest absolute Gasteiger partial charge is 0.417 e. The Balaban J connectivity index is 3.26. The Kier molecular flexibility index (Phi) is 2.05. The second-order valence-electron chi connectivity index (χ2n) is 2.08. The van der Waals surface area contributed by atoms with E-state index in [4.69, 9.17) is 5.26 Å². The molecule has 0 aliphatic heterocycles. The Morgan fingerprint density at radius 3 is 2.50 bits per heavy atom.